The molecule has 172 valence electrons. The molecule has 0 saturated carbocycles. The SMILES string of the molecule is Cl.Cl.NCCc1ccc(Oc2ccc(F)c(C(=O)N3CCCCC3c3nccs3)c2)cc1. The summed E-state index contributed by atoms with van der Waals surface area (Å²) in [6.45, 7) is 1.18. The Balaban J connectivity index is 0.00000181. The van der Waals surface area contributed by atoms with Crippen molar-refractivity contribution in [1.82, 2.24) is 9.88 Å². The largest absolute Gasteiger partial charge is 0.457 e. The fourth-order valence-electron chi connectivity index (χ4n) is 3.74. The van der Waals surface area contributed by atoms with Gasteiger partial charge in [-0.15, -0.1) is 36.2 Å². The molecule has 1 aliphatic rings. The fourth-order valence-corrected chi connectivity index (χ4v) is 4.53. The Kier molecular flexibility index (Phi) is 9.90. The van der Waals surface area contributed by atoms with E-state index >= 15 is 0 Å². The Morgan fingerprint density at radius 2 is 1.91 bits per heavy atom. The number of amides is 1. The summed E-state index contributed by atoms with van der Waals surface area (Å²) in [5.74, 6) is 0.179. The zero-order valence-electron chi connectivity index (χ0n) is 17.4. The second kappa shape index (κ2) is 12.2. The maximum atomic E-state index is 14.6. The Labute approximate surface area is 203 Å². The molecule has 32 heavy (non-hydrogen) atoms. The molecule has 1 aromatic heterocycles. The minimum absolute atomic E-state index is 0. The zero-order valence-corrected chi connectivity index (χ0v) is 19.9. The molecular weight excluding hydrogens is 472 g/mol. The van der Waals surface area contributed by atoms with Crippen molar-refractivity contribution in [3.05, 3.63) is 76.0 Å². The van der Waals surface area contributed by atoms with Crippen LogP contribution in [0.3, 0.4) is 0 Å². The van der Waals surface area contributed by atoms with Gasteiger partial charge in [-0.1, -0.05) is 12.1 Å². The molecule has 0 spiro atoms. The Morgan fingerprint density at radius 3 is 2.59 bits per heavy atom. The van der Waals surface area contributed by atoms with Gasteiger partial charge in [-0.05, 0) is 68.1 Å². The third-order valence-corrected chi connectivity index (χ3v) is 6.14. The van der Waals surface area contributed by atoms with Crippen molar-refractivity contribution in [2.75, 3.05) is 13.1 Å². The molecule has 5 nitrogen and oxygen atoms in total. The third kappa shape index (κ3) is 5.98. The molecule has 3 aromatic rings. The number of carbonyl (C=O) groups excluding carboxylic acids is 1. The molecule has 0 aliphatic carbocycles. The number of nitrogens with zero attached hydrogens (tertiary/aromatic N) is 2. The van der Waals surface area contributed by atoms with Crippen LogP contribution >= 0.6 is 36.2 Å². The molecule has 9 heteroatoms. The van der Waals surface area contributed by atoms with Crippen LogP contribution in [0.25, 0.3) is 0 Å². The first kappa shape index (κ1) is 26.1. The van der Waals surface area contributed by atoms with Gasteiger partial charge in [0.1, 0.15) is 22.3 Å². The summed E-state index contributed by atoms with van der Waals surface area (Å²) >= 11 is 1.53. The van der Waals surface area contributed by atoms with Gasteiger partial charge in [-0.2, -0.15) is 0 Å². The molecule has 2 N–H and O–H groups in total. The number of piperidine rings is 1. The minimum Gasteiger partial charge on any atom is -0.457 e. The lowest BCUT2D eigenvalue weighted by atomic mass is 10.0. The van der Waals surface area contributed by atoms with Crippen molar-refractivity contribution < 1.29 is 13.9 Å². The summed E-state index contributed by atoms with van der Waals surface area (Å²) in [7, 11) is 0. The average Bonchev–Trinajstić information content (AvgIpc) is 3.31. The number of halogens is 3. The summed E-state index contributed by atoms with van der Waals surface area (Å²) in [6, 6.07) is 11.8. The lowest BCUT2D eigenvalue weighted by Crippen LogP contribution is -2.38. The van der Waals surface area contributed by atoms with Gasteiger partial charge < -0.3 is 15.4 Å². The predicted octanol–water partition coefficient (Wildman–Crippen LogP) is 5.79. The van der Waals surface area contributed by atoms with Crippen LogP contribution in [0.15, 0.2) is 54.0 Å². The number of ether oxygens (including phenoxy) is 1. The highest BCUT2D eigenvalue weighted by Gasteiger charge is 2.31. The fraction of sp³-hybridized carbons (Fsp3) is 0.304. The number of rotatable bonds is 6. The van der Waals surface area contributed by atoms with Crippen molar-refractivity contribution in [3.63, 3.8) is 0 Å². The summed E-state index contributed by atoms with van der Waals surface area (Å²) in [5.41, 5.74) is 6.72. The van der Waals surface area contributed by atoms with Gasteiger partial charge in [-0.3, -0.25) is 4.79 Å². The molecule has 0 bridgehead atoms. The highest BCUT2D eigenvalue weighted by atomic mass is 35.5. The molecule has 1 unspecified atom stereocenters. The number of hydrogen-bond donors (Lipinski definition) is 1. The minimum atomic E-state index is -0.547. The lowest BCUT2D eigenvalue weighted by molar-refractivity contribution is 0.0606. The van der Waals surface area contributed by atoms with Crippen LogP contribution in [0.2, 0.25) is 0 Å². The van der Waals surface area contributed by atoms with E-state index in [1.54, 1.807) is 11.1 Å². The van der Waals surface area contributed by atoms with E-state index in [2.05, 4.69) is 4.98 Å². The molecule has 2 heterocycles. The number of benzene rings is 2. The van der Waals surface area contributed by atoms with Crippen molar-refractivity contribution in [2.24, 2.45) is 5.73 Å². The summed E-state index contributed by atoms with van der Waals surface area (Å²) in [5, 5.41) is 2.80. The number of hydrogen-bond acceptors (Lipinski definition) is 5. The summed E-state index contributed by atoms with van der Waals surface area (Å²) in [4.78, 5) is 19.4. The molecule has 4 rings (SSSR count). The van der Waals surface area contributed by atoms with Crippen molar-refractivity contribution >= 4 is 42.1 Å². The monoisotopic (exact) mass is 497 g/mol. The molecule has 1 aliphatic heterocycles. The predicted molar refractivity (Wildman–Crippen MR) is 130 cm³/mol. The van der Waals surface area contributed by atoms with Gasteiger partial charge in [0.25, 0.3) is 5.91 Å². The van der Waals surface area contributed by atoms with E-state index in [0.29, 0.717) is 24.6 Å². The Morgan fingerprint density at radius 1 is 1.16 bits per heavy atom. The quantitative estimate of drug-likeness (QED) is 0.468. The smallest absolute Gasteiger partial charge is 0.257 e. The normalized spacial score (nSPS) is 15.4. The van der Waals surface area contributed by atoms with Crippen LogP contribution in [0.4, 0.5) is 4.39 Å². The van der Waals surface area contributed by atoms with Crippen molar-refractivity contribution in [1.29, 1.82) is 0 Å². The molecule has 1 atom stereocenters. The topological polar surface area (TPSA) is 68.5 Å². The van der Waals surface area contributed by atoms with Gasteiger partial charge in [-0.25, -0.2) is 9.37 Å². The molecular formula is C23H26Cl2FN3O2S. The maximum absolute atomic E-state index is 14.6. The maximum Gasteiger partial charge on any atom is 0.257 e. The molecule has 0 radical (unpaired) electrons. The van der Waals surface area contributed by atoms with Crippen LogP contribution in [-0.4, -0.2) is 28.9 Å². The van der Waals surface area contributed by atoms with E-state index < -0.39 is 5.82 Å². The molecule has 1 amide bonds. The van der Waals surface area contributed by atoms with Gasteiger partial charge in [0.05, 0.1) is 11.6 Å². The number of carbonyl (C=O) groups is 1. The Hall–Kier alpha value is -2.19. The average molecular weight is 498 g/mol. The first-order chi connectivity index (χ1) is 14.7. The summed E-state index contributed by atoms with van der Waals surface area (Å²) < 4.78 is 20.5. The van der Waals surface area contributed by atoms with Gasteiger partial charge >= 0.3 is 0 Å². The van der Waals surface area contributed by atoms with Crippen LogP contribution in [-0.2, 0) is 6.42 Å². The van der Waals surface area contributed by atoms with Gasteiger partial charge in [0.2, 0.25) is 0 Å². The van der Waals surface area contributed by atoms with Crippen molar-refractivity contribution in [3.8, 4) is 11.5 Å². The van der Waals surface area contributed by atoms with E-state index in [-0.39, 0.29) is 42.3 Å². The van der Waals surface area contributed by atoms with E-state index in [0.717, 1.165) is 36.3 Å². The van der Waals surface area contributed by atoms with E-state index in [9.17, 15) is 9.18 Å². The standard InChI is InChI=1S/C23H24FN3O2S.2ClH/c24-20-9-8-18(29-17-6-4-16(5-7-17)10-11-25)15-19(20)23(28)27-13-2-1-3-21(27)22-26-12-14-30-22;;/h4-9,12,14-15,21H,1-3,10-11,13,25H2;2*1H. The van der Waals surface area contributed by atoms with Crippen LogP contribution in [0, 0.1) is 5.82 Å². The van der Waals surface area contributed by atoms with Crippen molar-refractivity contribution in [2.45, 2.75) is 31.7 Å². The van der Waals surface area contributed by atoms with E-state index in [1.807, 2.05) is 29.6 Å². The van der Waals surface area contributed by atoms with Gasteiger partial charge in [0, 0.05) is 18.1 Å². The number of likely N-dealkylation sites (tertiary alicyclic amines) is 1. The third-order valence-electron chi connectivity index (χ3n) is 5.26. The molecule has 1 saturated heterocycles. The first-order valence-electron chi connectivity index (χ1n) is 10.1. The van der Waals surface area contributed by atoms with Crippen LogP contribution in [0.5, 0.6) is 11.5 Å². The van der Waals surface area contributed by atoms with E-state index in [1.165, 1.54) is 29.5 Å². The highest BCUT2D eigenvalue weighted by molar-refractivity contribution is 7.09. The second-order valence-corrected chi connectivity index (χ2v) is 8.23. The Bertz CT molecular complexity index is 1000. The molecule has 2 aromatic carbocycles. The van der Waals surface area contributed by atoms with Crippen LogP contribution < -0.4 is 10.5 Å². The number of nitrogens with two attached hydrogens (primary N) is 1. The highest BCUT2D eigenvalue weighted by Crippen LogP contribution is 2.34. The molecule has 1 fully saturated rings. The first-order valence-corrected chi connectivity index (χ1v) is 11.0. The zero-order chi connectivity index (χ0) is 20.9. The van der Waals surface area contributed by atoms with Gasteiger partial charge in [0.15, 0.2) is 0 Å². The summed E-state index contributed by atoms with van der Waals surface area (Å²) in [6.07, 6.45) is 5.31. The van der Waals surface area contributed by atoms with Crippen LogP contribution in [0.1, 0.15) is 46.2 Å². The number of aromatic nitrogens is 1. The van der Waals surface area contributed by atoms with E-state index in [4.69, 9.17) is 10.5 Å². The number of thiazole rings is 1. The second-order valence-electron chi connectivity index (χ2n) is 7.31. The lowest BCUT2D eigenvalue weighted by Gasteiger charge is -2.34.